The molecule has 15 nitrogen and oxygen atoms in total. The first-order valence-corrected chi connectivity index (χ1v) is 15.2. The summed E-state index contributed by atoms with van der Waals surface area (Å²) in [7, 11) is 0. The van der Waals surface area contributed by atoms with Crippen LogP contribution in [0.2, 0.25) is 10.0 Å². The molecule has 0 radical (unpaired) electrons. The van der Waals surface area contributed by atoms with Gasteiger partial charge in [0.05, 0.1) is 39.4 Å². The normalized spacial score (nSPS) is 18.6. The first-order valence-electron chi connectivity index (χ1n) is 14.5. The third kappa shape index (κ3) is 7.36. The molecular formula is C30H28Cl2N6O9. The van der Waals surface area contributed by atoms with Gasteiger partial charge in [-0.1, -0.05) is 29.3 Å². The summed E-state index contributed by atoms with van der Waals surface area (Å²) in [6.07, 6.45) is 0.883. The summed E-state index contributed by atoms with van der Waals surface area (Å²) in [6, 6.07) is 4.86. The Morgan fingerprint density at radius 2 is 1.83 bits per heavy atom. The average molecular weight is 687 g/mol. The number of nitrogens with zero attached hydrogens (tertiary/aromatic N) is 3. The minimum atomic E-state index is -1.66. The van der Waals surface area contributed by atoms with Crippen LogP contribution in [0.3, 0.4) is 0 Å². The van der Waals surface area contributed by atoms with Crippen molar-refractivity contribution < 1.29 is 43.4 Å². The number of aliphatic carboxylic acids is 1. The highest BCUT2D eigenvalue weighted by molar-refractivity contribution is 6.39. The smallest absolute Gasteiger partial charge is 0.341 e. The number of fused-ring (bicyclic) bond motifs is 2. The van der Waals surface area contributed by atoms with Crippen LogP contribution in [0.1, 0.15) is 52.8 Å². The van der Waals surface area contributed by atoms with Crippen LogP contribution < -0.4 is 10.6 Å². The largest absolute Gasteiger partial charge is 0.481 e. The molecule has 17 heteroatoms. The van der Waals surface area contributed by atoms with Crippen molar-refractivity contribution in [2.75, 3.05) is 13.2 Å². The summed E-state index contributed by atoms with van der Waals surface area (Å²) in [4.78, 5) is 97.7. The zero-order valence-electron chi connectivity index (χ0n) is 24.5. The number of hydrogen-bond acceptors (Lipinski definition) is 9. The SMILES string of the molecule is O=C(O)C[C@H](NC(=O)C1CCCN2C(=O)CCC(NC(=O)c3ccc4nc[nH]c4c3)C(=O)N12)C(=O)COC(=O)c1c(Cl)cccc1Cl. The predicted molar refractivity (Wildman–Crippen MR) is 164 cm³/mol. The summed E-state index contributed by atoms with van der Waals surface area (Å²) >= 11 is 12.0. The van der Waals surface area contributed by atoms with Crippen molar-refractivity contribution >= 4 is 75.6 Å². The van der Waals surface area contributed by atoms with Gasteiger partial charge in [0, 0.05) is 18.5 Å². The predicted octanol–water partition coefficient (Wildman–Crippen LogP) is 1.88. The van der Waals surface area contributed by atoms with E-state index < -0.39 is 72.5 Å². The van der Waals surface area contributed by atoms with Crippen LogP contribution in [0.5, 0.6) is 0 Å². The van der Waals surface area contributed by atoms with Crippen molar-refractivity contribution in [1.29, 1.82) is 0 Å². The highest BCUT2D eigenvalue weighted by Crippen LogP contribution is 2.27. The van der Waals surface area contributed by atoms with E-state index in [1.807, 2.05) is 0 Å². The van der Waals surface area contributed by atoms with Crippen molar-refractivity contribution in [3.63, 3.8) is 0 Å². The summed E-state index contributed by atoms with van der Waals surface area (Å²) in [5.41, 5.74) is 1.28. The lowest BCUT2D eigenvalue weighted by Gasteiger charge is -2.43. The zero-order chi connectivity index (χ0) is 33.8. The second kappa shape index (κ2) is 14.2. The van der Waals surface area contributed by atoms with Gasteiger partial charge in [-0.3, -0.25) is 33.8 Å². The molecule has 3 aromatic rings. The Morgan fingerprint density at radius 3 is 2.55 bits per heavy atom. The lowest BCUT2D eigenvalue weighted by molar-refractivity contribution is -0.176. The molecule has 0 saturated carbocycles. The minimum absolute atomic E-state index is 0.0298. The van der Waals surface area contributed by atoms with Gasteiger partial charge in [0.25, 0.3) is 11.8 Å². The van der Waals surface area contributed by atoms with E-state index in [0.29, 0.717) is 17.5 Å². The molecule has 2 saturated heterocycles. The molecule has 2 aliphatic heterocycles. The number of ether oxygens (including phenoxy) is 1. The number of rotatable bonds is 10. The van der Waals surface area contributed by atoms with Gasteiger partial charge in [-0.2, -0.15) is 0 Å². The number of hydrazine groups is 1. The Labute approximate surface area is 276 Å². The Morgan fingerprint density at radius 1 is 1.09 bits per heavy atom. The molecular weight excluding hydrogens is 659 g/mol. The van der Waals surface area contributed by atoms with Crippen molar-refractivity contribution in [3.8, 4) is 0 Å². The van der Waals surface area contributed by atoms with Gasteiger partial charge < -0.3 is 25.5 Å². The molecule has 1 aromatic heterocycles. The molecule has 47 heavy (non-hydrogen) atoms. The Hall–Kier alpha value is -5.02. The van der Waals surface area contributed by atoms with Crippen molar-refractivity contribution in [2.45, 2.75) is 50.2 Å². The van der Waals surface area contributed by atoms with Crippen LogP contribution in [0, 0.1) is 0 Å². The summed E-state index contributed by atoms with van der Waals surface area (Å²) < 4.78 is 5.02. The van der Waals surface area contributed by atoms with Gasteiger partial charge >= 0.3 is 11.9 Å². The number of aromatic amines is 1. The number of nitrogens with one attached hydrogen (secondary N) is 3. The number of halogens is 2. The fourth-order valence-electron chi connectivity index (χ4n) is 5.41. The Kier molecular flexibility index (Phi) is 10.1. The lowest BCUT2D eigenvalue weighted by atomic mass is 10.0. The van der Waals surface area contributed by atoms with Crippen LogP contribution in [-0.4, -0.2) is 97.7 Å². The fraction of sp³-hybridized carbons (Fsp3) is 0.333. The van der Waals surface area contributed by atoms with Crippen LogP contribution in [0.15, 0.2) is 42.7 Å². The number of benzene rings is 2. The monoisotopic (exact) mass is 686 g/mol. The zero-order valence-corrected chi connectivity index (χ0v) is 26.0. The van der Waals surface area contributed by atoms with E-state index in [1.54, 1.807) is 12.1 Å². The van der Waals surface area contributed by atoms with Gasteiger partial charge in [-0.05, 0) is 49.6 Å². The molecule has 4 N–H and O–H groups in total. The molecule has 2 unspecified atom stereocenters. The molecule has 2 aliphatic rings. The molecule has 3 heterocycles. The van der Waals surface area contributed by atoms with Crippen LogP contribution in [0.4, 0.5) is 0 Å². The number of carboxylic acid groups (broad SMARTS) is 1. The molecule has 0 aliphatic carbocycles. The topological polar surface area (TPSA) is 208 Å². The second-order valence-corrected chi connectivity index (χ2v) is 11.7. The maximum Gasteiger partial charge on any atom is 0.341 e. The Balaban J connectivity index is 1.30. The number of hydrogen-bond donors (Lipinski definition) is 4. The van der Waals surface area contributed by atoms with Crippen LogP contribution in [0.25, 0.3) is 11.0 Å². The lowest BCUT2D eigenvalue weighted by Crippen LogP contribution is -2.64. The third-order valence-corrected chi connectivity index (χ3v) is 8.38. The third-order valence-electron chi connectivity index (χ3n) is 7.75. The number of Topliss-reactive ketones (excluding diaryl/α,β-unsaturated/α-hetero) is 1. The number of imidazole rings is 1. The van der Waals surface area contributed by atoms with E-state index in [2.05, 4.69) is 20.6 Å². The van der Waals surface area contributed by atoms with Gasteiger partial charge in [-0.15, -0.1) is 0 Å². The van der Waals surface area contributed by atoms with E-state index in [-0.39, 0.29) is 47.0 Å². The summed E-state index contributed by atoms with van der Waals surface area (Å²) in [6.45, 7) is -0.793. The number of esters is 1. The van der Waals surface area contributed by atoms with E-state index in [4.69, 9.17) is 27.9 Å². The molecule has 246 valence electrons. The van der Waals surface area contributed by atoms with E-state index in [9.17, 15) is 38.7 Å². The minimum Gasteiger partial charge on any atom is -0.481 e. The summed E-state index contributed by atoms with van der Waals surface area (Å²) in [5, 5.41) is 16.5. The molecule has 5 rings (SSSR count). The van der Waals surface area contributed by atoms with Gasteiger partial charge in [-0.25, -0.2) is 14.8 Å². The van der Waals surface area contributed by atoms with Crippen LogP contribution in [-0.2, 0) is 28.7 Å². The second-order valence-electron chi connectivity index (χ2n) is 10.9. The molecule has 0 spiro atoms. The maximum atomic E-state index is 13.8. The number of ketones is 1. The van der Waals surface area contributed by atoms with Crippen molar-refractivity contribution in [3.05, 3.63) is 63.9 Å². The van der Waals surface area contributed by atoms with Gasteiger partial charge in [0.2, 0.25) is 11.8 Å². The number of aromatic nitrogens is 2. The standard InChI is InChI=1S/C30H28Cl2N6O9/c31-16-3-1-4-17(32)26(16)30(46)47-13-23(39)21(12-25(41)42)36-28(44)22-5-2-10-37-24(40)9-8-19(29(45)38(22)37)35-27(43)15-6-7-18-20(11-15)34-14-33-18/h1,3-4,6-7,11,14,19,21-22H,2,5,8-10,12-13H2,(H,33,34)(H,35,43)(H,36,44)(H,41,42)/t19?,21-,22?/m0/s1. The number of H-pyrrole nitrogens is 1. The first kappa shape index (κ1) is 33.3. The molecule has 2 fully saturated rings. The van der Waals surface area contributed by atoms with E-state index in [1.165, 1.54) is 30.6 Å². The molecule has 4 amide bonds. The first-order chi connectivity index (χ1) is 22.4. The van der Waals surface area contributed by atoms with E-state index >= 15 is 0 Å². The summed E-state index contributed by atoms with van der Waals surface area (Å²) in [5.74, 6) is -6.10. The van der Waals surface area contributed by atoms with Crippen molar-refractivity contribution in [2.24, 2.45) is 0 Å². The Bertz CT molecular complexity index is 1760. The molecule has 3 atom stereocenters. The number of carbonyl (C=O) groups excluding carboxylic acids is 6. The van der Waals surface area contributed by atoms with E-state index in [0.717, 1.165) is 10.0 Å². The number of amides is 4. The van der Waals surface area contributed by atoms with Crippen molar-refractivity contribution in [1.82, 2.24) is 30.6 Å². The highest BCUT2D eigenvalue weighted by atomic mass is 35.5. The average Bonchev–Trinajstić information content (AvgIpc) is 3.48. The quantitative estimate of drug-likeness (QED) is 0.228. The number of carboxylic acids is 1. The highest BCUT2D eigenvalue weighted by Gasteiger charge is 2.45. The van der Waals surface area contributed by atoms with Crippen LogP contribution >= 0.6 is 23.2 Å². The number of carbonyl (C=O) groups is 7. The van der Waals surface area contributed by atoms with Gasteiger partial charge in [0.15, 0.2) is 12.4 Å². The molecule has 2 aromatic carbocycles. The molecule has 0 bridgehead atoms. The van der Waals surface area contributed by atoms with Gasteiger partial charge in [0.1, 0.15) is 18.1 Å². The fourth-order valence-corrected chi connectivity index (χ4v) is 5.97. The maximum absolute atomic E-state index is 13.8.